The van der Waals surface area contributed by atoms with Crippen molar-refractivity contribution < 1.29 is 17.9 Å². The lowest BCUT2D eigenvalue weighted by molar-refractivity contribution is -0.122. The molecule has 2 aromatic rings. The standard InChI is InChI=1S/C22H29N3O4S/c23-30(27,28)21-10-8-18(9-11-21)12-13-24-22(26)17-25(16-20-7-4-14-29-20)15-19-5-2-1-3-6-19/h1-3,5-6,8-11,20H,4,7,12-17H2,(H,24,26)(H2,23,27,28). The Morgan fingerprint density at radius 3 is 2.47 bits per heavy atom. The zero-order chi connectivity index (χ0) is 21.4. The van der Waals surface area contributed by atoms with Gasteiger partial charge in [0.1, 0.15) is 0 Å². The van der Waals surface area contributed by atoms with Crippen LogP contribution in [0.15, 0.2) is 59.5 Å². The molecule has 30 heavy (non-hydrogen) atoms. The van der Waals surface area contributed by atoms with Crippen molar-refractivity contribution in [2.24, 2.45) is 5.14 Å². The molecule has 2 aromatic carbocycles. The first-order valence-corrected chi connectivity index (χ1v) is 11.7. The van der Waals surface area contributed by atoms with E-state index in [4.69, 9.17) is 9.88 Å². The quantitative estimate of drug-likeness (QED) is 0.596. The number of nitrogens with one attached hydrogen (secondary N) is 1. The van der Waals surface area contributed by atoms with E-state index >= 15 is 0 Å². The Balaban J connectivity index is 1.49. The van der Waals surface area contributed by atoms with Gasteiger partial charge in [-0.25, -0.2) is 13.6 Å². The zero-order valence-electron chi connectivity index (χ0n) is 17.0. The fraction of sp³-hybridized carbons (Fsp3) is 0.409. The average Bonchev–Trinajstić information content (AvgIpc) is 3.21. The van der Waals surface area contributed by atoms with Gasteiger partial charge in [-0.3, -0.25) is 9.69 Å². The van der Waals surface area contributed by atoms with Crippen LogP contribution in [0.5, 0.6) is 0 Å². The van der Waals surface area contributed by atoms with Gasteiger partial charge in [-0.15, -0.1) is 0 Å². The number of hydrogen-bond acceptors (Lipinski definition) is 5. The van der Waals surface area contributed by atoms with E-state index in [1.54, 1.807) is 12.1 Å². The van der Waals surface area contributed by atoms with Crippen molar-refractivity contribution in [2.75, 3.05) is 26.2 Å². The number of nitrogens with zero attached hydrogens (tertiary/aromatic N) is 1. The van der Waals surface area contributed by atoms with Gasteiger partial charge in [0.05, 0.1) is 17.5 Å². The van der Waals surface area contributed by atoms with Crippen molar-refractivity contribution >= 4 is 15.9 Å². The molecule has 1 amide bonds. The third-order valence-electron chi connectivity index (χ3n) is 5.09. The number of hydrogen-bond donors (Lipinski definition) is 2. The predicted octanol–water partition coefficient (Wildman–Crippen LogP) is 1.67. The van der Waals surface area contributed by atoms with Crippen LogP contribution in [-0.2, 0) is 32.5 Å². The second kappa shape index (κ2) is 10.7. The third kappa shape index (κ3) is 7.21. The van der Waals surface area contributed by atoms with Crippen LogP contribution in [0.1, 0.15) is 24.0 Å². The molecule has 1 heterocycles. The Morgan fingerprint density at radius 1 is 1.10 bits per heavy atom. The molecule has 0 aromatic heterocycles. The Kier molecular flexibility index (Phi) is 7.98. The van der Waals surface area contributed by atoms with Gasteiger partial charge >= 0.3 is 0 Å². The molecule has 0 aliphatic carbocycles. The van der Waals surface area contributed by atoms with E-state index in [2.05, 4.69) is 22.3 Å². The molecule has 1 unspecified atom stereocenters. The molecular formula is C22H29N3O4S. The largest absolute Gasteiger partial charge is 0.377 e. The average molecular weight is 432 g/mol. The molecule has 1 fully saturated rings. The highest BCUT2D eigenvalue weighted by atomic mass is 32.2. The van der Waals surface area contributed by atoms with Gasteiger partial charge in [0.2, 0.25) is 15.9 Å². The molecule has 1 saturated heterocycles. The minimum atomic E-state index is -3.69. The summed E-state index contributed by atoms with van der Waals surface area (Å²) in [7, 11) is -3.69. The lowest BCUT2D eigenvalue weighted by atomic mass is 10.1. The first kappa shape index (κ1) is 22.4. The Hall–Kier alpha value is -2.26. The number of ether oxygens (including phenoxy) is 1. The summed E-state index contributed by atoms with van der Waals surface area (Å²) < 4.78 is 28.4. The van der Waals surface area contributed by atoms with Gasteiger partial charge < -0.3 is 10.1 Å². The van der Waals surface area contributed by atoms with Crippen molar-refractivity contribution in [3.05, 3.63) is 65.7 Å². The Morgan fingerprint density at radius 2 is 1.83 bits per heavy atom. The molecule has 0 bridgehead atoms. The maximum atomic E-state index is 12.5. The van der Waals surface area contributed by atoms with Crippen molar-refractivity contribution in [1.82, 2.24) is 10.2 Å². The summed E-state index contributed by atoms with van der Waals surface area (Å²) in [5, 5.41) is 8.06. The number of rotatable bonds is 10. The number of amides is 1. The molecule has 7 nitrogen and oxygen atoms in total. The van der Waals surface area contributed by atoms with Crippen LogP contribution in [0.4, 0.5) is 0 Å². The summed E-state index contributed by atoms with van der Waals surface area (Å²) in [6.45, 7) is 3.01. The molecule has 1 atom stereocenters. The molecule has 0 radical (unpaired) electrons. The molecule has 3 rings (SSSR count). The summed E-state index contributed by atoms with van der Waals surface area (Å²) in [6.07, 6.45) is 2.89. The fourth-order valence-corrected chi connectivity index (χ4v) is 4.07. The van der Waals surface area contributed by atoms with E-state index in [1.807, 2.05) is 18.2 Å². The smallest absolute Gasteiger partial charge is 0.238 e. The Labute approximate surface area is 178 Å². The number of nitrogens with two attached hydrogens (primary N) is 1. The third-order valence-corrected chi connectivity index (χ3v) is 6.02. The number of sulfonamides is 1. The van der Waals surface area contributed by atoms with Crippen molar-refractivity contribution in [2.45, 2.75) is 36.8 Å². The van der Waals surface area contributed by atoms with Gasteiger partial charge in [0.25, 0.3) is 0 Å². The molecule has 0 saturated carbocycles. The lowest BCUT2D eigenvalue weighted by Gasteiger charge is -2.24. The summed E-state index contributed by atoms with van der Waals surface area (Å²) in [5.41, 5.74) is 2.10. The molecule has 8 heteroatoms. The van der Waals surface area contributed by atoms with Crippen LogP contribution in [0.25, 0.3) is 0 Å². The van der Waals surface area contributed by atoms with E-state index in [-0.39, 0.29) is 16.9 Å². The number of carbonyl (C=O) groups is 1. The minimum Gasteiger partial charge on any atom is -0.377 e. The Bertz CT molecular complexity index is 911. The molecule has 1 aliphatic heterocycles. The monoisotopic (exact) mass is 431 g/mol. The second-order valence-electron chi connectivity index (χ2n) is 7.58. The SMILES string of the molecule is NS(=O)(=O)c1ccc(CCNC(=O)CN(Cc2ccccc2)CC2CCCO2)cc1. The van der Waals surface area contributed by atoms with Crippen molar-refractivity contribution in [3.8, 4) is 0 Å². The van der Waals surface area contributed by atoms with Crippen LogP contribution < -0.4 is 10.5 Å². The summed E-state index contributed by atoms with van der Waals surface area (Å²) in [6, 6.07) is 16.5. The van der Waals surface area contributed by atoms with Gasteiger partial charge in [0, 0.05) is 26.2 Å². The highest BCUT2D eigenvalue weighted by Crippen LogP contribution is 2.15. The summed E-state index contributed by atoms with van der Waals surface area (Å²) in [5.74, 6) is -0.0370. The van der Waals surface area contributed by atoms with Crippen LogP contribution in [0, 0.1) is 0 Å². The minimum absolute atomic E-state index is 0.0370. The van der Waals surface area contributed by atoms with Gasteiger partial charge in [-0.2, -0.15) is 0 Å². The number of carbonyl (C=O) groups excluding carboxylic acids is 1. The molecule has 3 N–H and O–H groups in total. The number of benzene rings is 2. The molecular weight excluding hydrogens is 402 g/mol. The van der Waals surface area contributed by atoms with Crippen molar-refractivity contribution in [3.63, 3.8) is 0 Å². The van der Waals surface area contributed by atoms with Crippen molar-refractivity contribution in [1.29, 1.82) is 0 Å². The molecule has 0 spiro atoms. The molecule has 1 aliphatic rings. The zero-order valence-corrected chi connectivity index (χ0v) is 17.8. The van der Waals surface area contributed by atoms with E-state index in [1.165, 1.54) is 17.7 Å². The number of primary sulfonamides is 1. The van der Waals surface area contributed by atoms with Gasteiger partial charge in [0.15, 0.2) is 0 Å². The second-order valence-corrected chi connectivity index (χ2v) is 9.14. The predicted molar refractivity (Wildman–Crippen MR) is 115 cm³/mol. The lowest BCUT2D eigenvalue weighted by Crippen LogP contribution is -2.41. The van der Waals surface area contributed by atoms with Crippen LogP contribution in [0.2, 0.25) is 0 Å². The van der Waals surface area contributed by atoms with Crippen LogP contribution >= 0.6 is 0 Å². The first-order valence-electron chi connectivity index (χ1n) is 10.2. The topological polar surface area (TPSA) is 102 Å². The first-order chi connectivity index (χ1) is 14.4. The fourth-order valence-electron chi connectivity index (χ4n) is 3.55. The maximum absolute atomic E-state index is 12.5. The highest BCUT2D eigenvalue weighted by Gasteiger charge is 2.21. The highest BCUT2D eigenvalue weighted by molar-refractivity contribution is 7.89. The van der Waals surface area contributed by atoms with E-state index < -0.39 is 10.0 Å². The van der Waals surface area contributed by atoms with Gasteiger partial charge in [-0.1, -0.05) is 42.5 Å². The van der Waals surface area contributed by atoms with E-state index in [0.717, 1.165) is 31.6 Å². The maximum Gasteiger partial charge on any atom is 0.238 e. The van der Waals surface area contributed by atoms with E-state index in [9.17, 15) is 13.2 Å². The summed E-state index contributed by atoms with van der Waals surface area (Å²) in [4.78, 5) is 14.7. The molecule has 162 valence electrons. The van der Waals surface area contributed by atoms with E-state index in [0.29, 0.717) is 26.1 Å². The van der Waals surface area contributed by atoms with Crippen LogP contribution in [-0.4, -0.2) is 51.6 Å². The van der Waals surface area contributed by atoms with Gasteiger partial charge in [-0.05, 0) is 42.5 Å². The summed E-state index contributed by atoms with van der Waals surface area (Å²) >= 11 is 0. The van der Waals surface area contributed by atoms with Crippen LogP contribution in [0.3, 0.4) is 0 Å². The normalized spacial score (nSPS) is 16.7.